The number of rotatable bonds is 10. The number of aromatic hydroxyl groups is 1. The highest BCUT2D eigenvalue weighted by Gasteiger charge is 2.31. The molecule has 0 bridgehead atoms. The first-order valence-corrected chi connectivity index (χ1v) is 14.6. The first kappa shape index (κ1) is 29.2. The fraction of sp³-hybridized carbons (Fsp3) is 0.226. The van der Waals surface area contributed by atoms with Gasteiger partial charge in [-0.3, -0.25) is 9.36 Å². The van der Waals surface area contributed by atoms with Crippen molar-refractivity contribution in [2.24, 2.45) is 0 Å². The summed E-state index contributed by atoms with van der Waals surface area (Å²) in [4.78, 5) is 28.7. The third kappa shape index (κ3) is 5.76. The van der Waals surface area contributed by atoms with Gasteiger partial charge in [-0.25, -0.2) is 13.2 Å². The van der Waals surface area contributed by atoms with Gasteiger partial charge in [0, 0.05) is 6.42 Å². The second-order valence-corrected chi connectivity index (χ2v) is 11.4. The van der Waals surface area contributed by atoms with E-state index in [2.05, 4.69) is 11.1 Å². The quantitative estimate of drug-likeness (QED) is 0.258. The molecule has 9 nitrogen and oxygen atoms in total. The van der Waals surface area contributed by atoms with Crippen LogP contribution in [0.25, 0.3) is 11.1 Å². The van der Waals surface area contributed by atoms with Crippen LogP contribution in [0.3, 0.4) is 0 Å². The predicted molar refractivity (Wildman–Crippen MR) is 153 cm³/mol. The first-order chi connectivity index (χ1) is 19.6. The largest absolute Gasteiger partial charge is 0.492 e. The van der Waals surface area contributed by atoms with E-state index in [9.17, 15) is 33.5 Å². The first-order valence-electron chi connectivity index (χ1n) is 13.2. The molecule has 0 aliphatic rings. The molecule has 0 fully saturated rings. The highest BCUT2D eigenvalue weighted by atomic mass is 32.2. The van der Waals surface area contributed by atoms with Crippen molar-refractivity contribution < 1.29 is 23.4 Å². The Labute approximate surface area is 237 Å². The summed E-state index contributed by atoms with van der Waals surface area (Å²) in [6, 6.07) is 20.0. The predicted octanol–water partition coefficient (Wildman–Crippen LogP) is 5.36. The molecule has 1 aromatic heterocycles. The highest BCUT2D eigenvalue weighted by Crippen LogP contribution is 2.31. The number of hydrogen-bond donors (Lipinski definition) is 2. The Balaban J connectivity index is 1.87. The maximum atomic E-state index is 14.0. The van der Waals surface area contributed by atoms with Gasteiger partial charge < -0.3 is 10.2 Å². The lowest BCUT2D eigenvalue weighted by atomic mass is 10.00. The number of aromatic nitrogens is 2. The number of aromatic carboxylic acids is 1. The normalized spacial score (nSPS) is 12.0. The number of carboxylic acids is 1. The number of hydrogen-bond acceptors (Lipinski definition) is 7. The summed E-state index contributed by atoms with van der Waals surface area (Å²) in [6.07, 6.45) is 2.18. The van der Waals surface area contributed by atoms with E-state index in [0.717, 1.165) is 6.42 Å². The molecule has 41 heavy (non-hydrogen) atoms. The lowest BCUT2D eigenvalue weighted by Gasteiger charge is -2.23. The van der Waals surface area contributed by atoms with E-state index in [4.69, 9.17) is 0 Å². The van der Waals surface area contributed by atoms with Crippen molar-refractivity contribution in [1.82, 2.24) is 9.55 Å². The van der Waals surface area contributed by atoms with Crippen LogP contribution in [0.5, 0.6) is 5.88 Å². The summed E-state index contributed by atoms with van der Waals surface area (Å²) in [6.45, 7) is 3.81. The van der Waals surface area contributed by atoms with Crippen molar-refractivity contribution in [2.45, 2.75) is 55.4 Å². The molecular weight excluding hydrogens is 542 g/mol. The number of aryl methyl sites for hydroxylation is 1. The van der Waals surface area contributed by atoms with E-state index in [1.165, 1.54) is 34.9 Å². The Morgan fingerprint density at radius 1 is 1.05 bits per heavy atom. The number of benzene rings is 3. The maximum Gasteiger partial charge on any atom is 0.336 e. The van der Waals surface area contributed by atoms with Crippen LogP contribution in [0, 0.1) is 11.3 Å². The minimum absolute atomic E-state index is 0.0570. The van der Waals surface area contributed by atoms with Crippen LogP contribution in [-0.4, -0.2) is 34.2 Å². The molecule has 0 spiro atoms. The zero-order valence-electron chi connectivity index (χ0n) is 22.6. The second-order valence-electron chi connectivity index (χ2n) is 9.50. The number of unbranched alkanes of at least 4 members (excludes halogenated alkanes) is 1. The SMILES string of the molecule is CCCCc1nc(O)c(S(=O)(=O)c2ccc(-c3ccccc3C(=O)O)cc2)c(=O)n1C(CC)c1cccc(C#N)c1. The average molecular weight is 572 g/mol. The molecule has 4 aromatic rings. The average Bonchev–Trinajstić information content (AvgIpc) is 2.97. The van der Waals surface area contributed by atoms with Crippen LogP contribution in [0.4, 0.5) is 0 Å². The maximum absolute atomic E-state index is 14.0. The van der Waals surface area contributed by atoms with Crippen LogP contribution in [-0.2, 0) is 16.3 Å². The van der Waals surface area contributed by atoms with Gasteiger partial charge in [0.15, 0.2) is 4.90 Å². The van der Waals surface area contributed by atoms with Gasteiger partial charge in [-0.1, -0.05) is 62.7 Å². The molecule has 4 rings (SSSR count). The van der Waals surface area contributed by atoms with Gasteiger partial charge in [0.2, 0.25) is 15.7 Å². The summed E-state index contributed by atoms with van der Waals surface area (Å²) in [5, 5.41) is 29.7. The molecule has 10 heteroatoms. The van der Waals surface area contributed by atoms with E-state index < -0.39 is 38.2 Å². The van der Waals surface area contributed by atoms with Crippen LogP contribution in [0.1, 0.15) is 66.5 Å². The van der Waals surface area contributed by atoms with E-state index in [0.29, 0.717) is 41.5 Å². The van der Waals surface area contributed by atoms with Crippen LogP contribution in [0.15, 0.2) is 87.4 Å². The van der Waals surface area contributed by atoms with Gasteiger partial charge >= 0.3 is 5.97 Å². The van der Waals surface area contributed by atoms with E-state index in [1.54, 1.807) is 42.5 Å². The van der Waals surface area contributed by atoms with Gasteiger partial charge in [-0.2, -0.15) is 10.2 Å². The van der Waals surface area contributed by atoms with Gasteiger partial charge in [-0.05, 0) is 59.9 Å². The van der Waals surface area contributed by atoms with Crippen LogP contribution >= 0.6 is 0 Å². The van der Waals surface area contributed by atoms with Gasteiger partial charge in [-0.15, -0.1) is 0 Å². The van der Waals surface area contributed by atoms with Crippen molar-refractivity contribution in [2.75, 3.05) is 0 Å². The Morgan fingerprint density at radius 3 is 2.39 bits per heavy atom. The molecule has 0 aliphatic carbocycles. The number of nitrogens with zero attached hydrogens (tertiary/aromatic N) is 3. The van der Waals surface area contributed by atoms with Crippen molar-refractivity contribution in [1.29, 1.82) is 5.26 Å². The van der Waals surface area contributed by atoms with E-state index in [-0.39, 0.29) is 16.3 Å². The molecule has 0 aliphatic heterocycles. The monoisotopic (exact) mass is 571 g/mol. The smallest absolute Gasteiger partial charge is 0.336 e. The van der Waals surface area contributed by atoms with Crippen molar-refractivity contribution in [3.8, 4) is 23.1 Å². The molecule has 0 saturated carbocycles. The van der Waals surface area contributed by atoms with Gasteiger partial charge in [0.05, 0.1) is 28.1 Å². The second kappa shape index (κ2) is 12.2. The third-order valence-corrected chi connectivity index (χ3v) is 8.67. The number of carboxylic acid groups (broad SMARTS) is 1. The fourth-order valence-corrected chi connectivity index (χ4v) is 6.20. The zero-order chi connectivity index (χ0) is 29.7. The molecule has 0 amide bonds. The minimum Gasteiger partial charge on any atom is -0.492 e. The summed E-state index contributed by atoms with van der Waals surface area (Å²) >= 11 is 0. The van der Waals surface area contributed by atoms with Crippen LogP contribution in [0.2, 0.25) is 0 Å². The summed E-state index contributed by atoms with van der Waals surface area (Å²) in [7, 11) is -4.54. The van der Waals surface area contributed by atoms with Crippen LogP contribution < -0.4 is 5.56 Å². The molecule has 0 radical (unpaired) electrons. The number of sulfone groups is 1. The lowest BCUT2D eigenvalue weighted by Crippen LogP contribution is -2.33. The lowest BCUT2D eigenvalue weighted by molar-refractivity contribution is 0.0697. The van der Waals surface area contributed by atoms with Crippen molar-refractivity contribution >= 4 is 15.8 Å². The van der Waals surface area contributed by atoms with Crippen molar-refractivity contribution in [3.63, 3.8) is 0 Å². The molecule has 1 atom stereocenters. The Hall–Kier alpha value is -4.75. The number of carbonyl (C=O) groups is 1. The minimum atomic E-state index is -4.54. The summed E-state index contributed by atoms with van der Waals surface area (Å²) in [5.74, 6) is -1.75. The summed E-state index contributed by atoms with van der Waals surface area (Å²) in [5.41, 5.74) is 1.07. The molecule has 210 valence electrons. The molecule has 3 aromatic carbocycles. The molecule has 0 saturated heterocycles. The Kier molecular flexibility index (Phi) is 8.69. The highest BCUT2D eigenvalue weighted by molar-refractivity contribution is 7.91. The Bertz CT molecular complexity index is 1810. The molecule has 1 heterocycles. The van der Waals surface area contributed by atoms with E-state index in [1.807, 2.05) is 13.8 Å². The standard InChI is InChI=1S/C31H29N3O6S/c1-3-5-13-27-33-29(35)28(30(36)34(27)26(4-2)22-10-8-9-20(18-22)19-32)41(39,40)23-16-14-21(15-17-23)24-11-6-7-12-25(24)31(37)38/h6-12,14-18,26,35H,3-5,13H2,1-2H3,(H,37,38). The molecule has 2 N–H and O–H groups in total. The Morgan fingerprint density at radius 2 is 1.76 bits per heavy atom. The fourth-order valence-electron chi connectivity index (χ4n) is 4.85. The van der Waals surface area contributed by atoms with Gasteiger partial charge in [0.1, 0.15) is 5.82 Å². The van der Waals surface area contributed by atoms with E-state index >= 15 is 0 Å². The number of nitriles is 1. The molecular formula is C31H29N3O6S. The third-order valence-electron chi connectivity index (χ3n) is 6.88. The summed E-state index contributed by atoms with van der Waals surface area (Å²) < 4.78 is 28.9. The van der Waals surface area contributed by atoms with Gasteiger partial charge in [0.25, 0.3) is 5.56 Å². The zero-order valence-corrected chi connectivity index (χ0v) is 23.4. The van der Waals surface area contributed by atoms with Crippen molar-refractivity contribution in [3.05, 3.63) is 106 Å². The topological polar surface area (TPSA) is 150 Å². The molecule has 1 unspecified atom stereocenters.